The van der Waals surface area contributed by atoms with Crippen molar-refractivity contribution in [3.05, 3.63) is 47.5 Å². The minimum absolute atomic E-state index is 0.252. The van der Waals surface area contributed by atoms with Gasteiger partial charge in [0.25, 0.3) is 5.91 Å². The molecule has 2 rings (SSSR count). The molecule has 9 heteroatoms. The number of aliphatic carboxylic acids is 1. The number of rotatable bonds is 9. The Labute approximate surface area is 161 Å². The zero-order valence-corrected chi connectivity index (χ0v) is 15.6. The molecule has 0 radical (unpaired) electrons. The van der Waals surface area contributed by atoms with Crippen molar-refractivity contribution in [1.29, 1.82) is 0 Å². The highest BCUT2D eigenvalue weighted by atomic mass is 16.5. The van der Waals surface area contributed by atoms with Crippen molar-refractivity contribution < 1.29 is 33.6 Å². The lowest BCUT2D eigenvalue weighted by Gasteiger charge is -2.13. The Balaban J connectivity index is 2.15. The third-order valence-corrected chi connectivity index (χ3v) is 3.57. The molecule has 0 unspecified atom stereocenters. The van der Waals surface area contributed by atoms with Crippen LogP contribution in [-0.4, -0.2) is 51.1 Å². The van der Waals surface area contributed by atoms with Gasteiger partial charge in [-0.05, 0) is 24.3 Å². The molecule has 148 valence electrons. The van der Waals surface area contributed by atoms with E-state index in [4.69, 9.17) is 24.1 Å². The number of nitrogens with one attached hydrogen (secondary N) is 1. The summed E-state index contributed by atoms with van der Waals surface area (Å²) in [4.78, 5) is 23.0. The van der Waals surface area contributed by atoms with Gasteiger partial charge in [0.05, 0.1) is 27.5 Å². The van der Waals surface area contributed by atoms with Crippen molar-refractivity contribution in [2.45, 2.75) is 0 Å². The molecule has 28 heavy (non-hydrogen) atoms. The van der Waals surface area contributed by atoms with Gasteiger partial charge < -0.3 is 24.1 Å². The van der Waals surface area contributed by atoms with Gasteiger partial charge >= 0.3 is 5.97 Å². The van der Waals surface area contributed by atoms with Crippen molar-refractivity contribution in [3.63, 3.8) is 0 Å². The molecule has 0 aliphatic heterocycles. The molecule has 0 saturated heterocycles. The predicted molar refractivity (Wildman–Crippen MR) is 101 cm³/mol. The monoisotopic (exact) mass is 388 g/mol. The largest absolute Gasteiger partial charge is 0.493 e. The molecule has 9 nitrogen and oxygen atoms in total. The highest BCUT2D eigenvalue weighted by Gasteiger charge is 2.16. The normalized spacial score (nSPS) is 10.4. The maximum Gasteiger partial charge on any atom is 0.341 e. The van der Waals surface area contributed by atoms with Gasteiger partial charge in [-0.15, -0.1) is 0 Å². The number of carbonyl (C=O) groups excluding carboxylic acids is 1. The quantitative estimate of drug-likeness (QED) is 0.498. The van der Waals surface area contributed by atoms with E-state index < -0.39 is 18.5 Å². The zero-order valence-electron chi connectivity index (χ0n) is 15.6. The predicted octanol–water partition coefficient (Wildman–Crippen LogP) is 1.94. The number of carboxylic acid groups (broad SMARTS) is 1. The number of nitrogens with zero attached hydrogens (tertiary/aromatic N) is 1. The lowest BCUT2D eigenvalue weighted by molar-refractivity contribution is -0.139. The van der Waals surface area contributed by atoms with Gasteiger partial charge in [-0.2, -0.15) is 5.10 Å². The lowest BCUT2D eigenvalue weighted by atomic mass is 10.1. The molecular weight excluding hydrogens is 368 g/mol. The molecule has 0 fully saturated rings. The van der Waals surface area contributed by atoms with Gasteiger partial charge in [0.15, 0.2) is 18.1 Å². The fourth-order valence-corrected chi connectivity index (χ4v) is 2.30. The summed E-state index contributed by atoms with van der Waals surface area (Å²) in [5.41, 5.74) is 3.15. The van der Waals surface area contributed by atoms with E-state index in [1.54, 1.807) is 24.3 Å². The van der Waals surface area contributed by atoms with Crippen LogP contribution in [0.25, 0.3) is 0 Å². The van der Waals surface area contributed by atoms with Crippen LogP contribution in [0.2, 0.25) is 0 Å². The molecule has 2 aromatic rings. The Morgan fingerprint density at radius 3 is 2.25 bits per heavy atom. The van der Waals surface area contributed by atoms with Crippen LogP contribution < -0.4 is 24.4 Å². The Hall–Kier alpha value is -3.75. The minimum atomic E-state index is -1.09. The van der Waals surface area contributed by atoms with Gasteiger partial charge in [-0.1, -0.05) is 12.1 Å². The Morgan fingerprint density at radius 1 is 1.04 bits per heavy atom. The molecule has 0 atom stereocenters. The van der Waals surface area contributed by atoms with Crippen molar-refractivity contribution in [2.24, 2.45) is 5.10 Å². The van der Waals surface area contributed by atoms with E-state index in [9.17, 15) is 9.59 Å². The van der Waals surface area contributed by atoms with Crippen LogP contribution in [-0.2, 0) is 4.79 Å². The fraction of sp³-hybridized carbons (Fsp3) is 0.211. The number of hydrogen-bond donors (Lipinski definition) is 2. The third kappa shape index (κ3) is 5.13. The van der Waals surface area contributed by atoms with E-state index in [0.29, 0.717) is 28.6 Å². The van der Waals surface area contributed by atoms with Crippen LogP contribution in [0.5, 0.6) is 23.0 Å². The van der Waals surface area contributed by atoms with E-state index in [0.717, 1.165) is 0 Å². The smallest absolute Gasteiger partial charge is 0.341 e. The van der Waals surface area contributed by atoms with Gasteiger partial charge in [0, 0.05) is 11.1 Å². The van der Waals surface area contributed by atoms with Crippen LogP contribution in [0.15, 0.2) is 41.5 Å². The van der Waals surface area contributed by atoms with Crippen LogP contribution >= 0.6 is 0 Å². The van der Waals surface area contributed by atoms with Gasteiger partial charge in [-0.3, -0.25) is 4.79 Å². The van der Waals surface area contributed by atoms with E-state index >= 15 is 0 Å². The van der Waals surface area contributed by atoms with E-state index in [1.807, 2.05) is 0 Å². The maximum atomic E-state index is 12.4. The van der Waals surface area contributed by atoms with Crippen LogP contribution in [0.3, 0.4) is 0 Å². The average Bonchev–Trinajstić information content (AvgIpc) is 2.71. The standard InChI is InChI=1S/C19H20N2O7/c1-25-15-8-13(9-16(26-2)18(15)27-3)19(24)21-20-10-12-6-4-5-7-14(12)28-11-17(22)23/h4-10H,11H2,1-3H3,(H,21,24)(H,22,23). The number of carbonyl (C=O) groups is 2. The molecule has 0 bridgehead atoms. The molecule has 2 aromatic carbocycles. The minimum Gasteiger partial charge on any atom is -0.493 e. The number of carboxylic acids is 1. The van der Waals surface area contributed by atoms with E-state index in [2.05, 4.69) is 10.5 Å². The summed E-state index contributed by atoms with van der Waals surface area (Å²) in [5.74, 6) is -0.223. The van der Waals surface area contributed by atoms with Crippen molar-refractivity contribution in [3.8, 4) is 23.0 Å². The summed E-state index contributed by atoms with van der Waals surface area (Å²) >= 11 is 0. The molecular formula is C19H20N2O7. The van der Waals surface area contributed by atoms with Crippen LogP contribution in [0, 0.1) is 0 Å². The first kappa shape index (κ1) is 20.6. The van der Waals surface area contributed by atoms with Gasteiger partial charge in [0.2, 0.25) is 5.75 Å². The second-order valence-electron chi connectivity index (χ2n) is 5.33. The number of hydrogen-bond acceptors (Lipinski definition) is 7. The first-order valence-electron chi connectivity index (χ1n) is 8.07. The Bertz CT molecular complexity index is 855. The summed E-state index contributed by atoms with van der Waals surface area (Å²) in [6, 6.07) is 9.70. The summed E-state index contributed by atoms with van der Waals surface area (Å²) in [5, 5.41) is 12.6. The highest BCUT2D eigenvalue weighted by Crippen LogP contribution is 2.38. The second kappa shape index (κ2) is 9.81. The van der Waals surface area contributed by atoms with Crippen molar-refractivity contribution in [2.75, 3.05) is 27.9 Å². The zero-order chi connectivity index (χ0) is 20.5. The highest BCUT2D eigenvalue weighted by molar-refractivity contribution is 5.96. The molecule has 0 saturated carbocycles. The summed E-state index contributed by atoms with van der Waals surface area (Å²) < 4.78 is 20.8. The van der Waals surface area contributed by atoms with Crippen LogP contribution in [0.4, 0.5) is 0 Å². The first-order valence-corrected chi connectivity index (χ1v) is 8.07. The number of benzene rings is 2. The number of hydrazone groups is 1. The molecule has 2 N–H and O–H groups in total. The van der Waals surface area contributed by atoms with Crippen molar-refractivity contribution in [1.82, 2.24) is 5.43 Å². The van der Waals surface area contributed by atoms with Gasteiger partial charge in [-0.25, -0.2) is 10.2 Å². The van der Waals surface area contributed by atoms with Crippen LogP contribution in [0.1, 0.15) is 15.9 Å². The number of amides is 1. The summed E-state index contributed by atoms with van der Waals surface area (Å²) in [7, 11) is 4.37. The molecule has 0 aromatic heterocycles. The average molecular weight is 388 g/mol. The SMILES string of the molecule is COc1cc(C(=O)NN=Cc2ccccc2OCC(=O)O)cc(OC)c1OC. The summed E-state index contributed by atoms with van der Waals surface area (Å²) in [6.45, 7) is -0.483. The Kier molecular flexibility index (Phi) is 7.21. The molecule has 0 aliphatic carbocycles. The molecule has 0 heterocycles. The second-order valence-corrected chi connectivity index (χ2v) is 5.33. The van der Waals surface area contributed by atoms with E-state index in [-0.39, 0.29) is 5.56 Å². The van der Waals surface area contributed by atoms with E-state index in [1.165, 1.54) is 39.7 Å². The Morgan fingerprint density at radius 2 is 1.68 bits per heavy atom. The lowest BCUT2D eigenvalue weighted by Crippen LogP contribution is -2.18. The third-order valence-electron chi connectivity index (χ3n) is 3.57. The fourth-order valence-electron chi connectivity index (χ4n) is 2.30. The molecule has 1 amide bonds. The number of para-hydroxylation sites is 1. The first-order chi connectivity index (χ1) is 13.5. The van der Waals surface area contributed by atoms with Gasteiger partial charge in [0.1, 0.15) is 5.75 Å². The number of ether oxygens (including phenoxy) is 4. The maximum absolute atomic E-state index is 12.4. The molecule has 0 aliphatic rings. The number of methoxy groups -OCH3 is 3. The summed E-state index contributed by atoms with van der Waals surface area (Å²) in [6.07, 6.45) is 1.35. The molecule has 0 spiro atoms. The topological polar surface area (TPSA) is 116 Å². The van der Waals surface area contributed by atoms with Crippen molar-refractivity contribution >= 4 is 18.1 Å².